The molecule has 106 valence electrons. The zero-order valence-electron chi connectivity index (χ0n) is 12.0. The first kappa shape index (κ1) is 15.8. The lowest BCUT2D eigenvalue weighted by Crippen LogP contribution is -2.10. The van der Waals surface area contributed by atoms with Gasteiger partial charge in [0.15, 0.2) is 5.78 Å². The summed E-state index contributed by atoms with van der Waals surface area (Å²) < 4.78 is 18.2. The molecule has 19 heavy (non-hydrogen) atoms. The predicted octanol–water partition coefficient (Wildman–Crippen LogP) is 4.24. The Morgan fingerprint density at radius 2 is 1.79 bits per heavy atom. The fraction of sp³-hybridized carbons (Fsp3) is 0.562. The summed E-state index contributed by atoms with van der Waals surface area (Å²) in [5.41, 5.74) is 0.848. The number of ether oxygens (including phenoxy) is 1. The molecule has 0 fully saturated rings. The van der Waals surface area contributed by atoms with Gasteiger partial charge in [0.05, 0.1) is 0 Å². The van der Waals surface area contributed by atoms with E-state index in [0.29, 0.717) is 25.0 Å². The van der Waals surface area contributed by atoms with Crippen LogP contribution in [0.5, 0.6) is 0 Å². The molecule has 1 aromatic carbocycles. The van der Waals surface area contributed by atoms with Crippen LogP contribution in [0.1, 0.15) is 50.4 Å². The van der Waals surface area contributed by atoms with Gasteiger partial charge in [-0.2, -0.15) is 0 Å². The minimum Gasteiger partial charge on any atom is -0.381 e. The van der Waals surface area contributed by atoms with Crippen molar-refractivity contribution in [2.45, 2.75) is 40.0 Å². The second kappa shape index (κ2) is 7.39. The minimum atomic E-state index is -0.318. The molecule has 0 saturated carbocycles. The molecule has 0 saturated heterocycles. The second-order valence-corrected chi connectivity index (χ2v) is 5.96. The Kier molecular flexibility index (Phi) is 6.16. The van der Waals surface area contributed by atoms with E-state index >= 15 is 0 Å². The van der Waals surface area contributed by atoms with Gasteiger partial charge in [0.1, 0.15) is 5.82 Å². The van der Waals surface area contributed by atoms with Crippen molar-refractivity contribution in [3.63, 3.8) is 0 Å². The van der Waals surface area contributed by atoms with Crippen LogP contribution in [-0.4, -0.2) is 19.0 Å². The Balaban J connectivity index is 2.16. The smallest absolute Gasteiger partial charge is 0.162 e. The highest BCUT2D eigenvalue weighted by atomic mass is 19.1. The molecule has 0 aliphatic carbocycles. The van der Waals surface area contributed by atoms with E-state index in [0.717, 1.165) is 13.0 Å². The van der Waals surface area contributed by atoms with E-state index < -0.39 is 0 Å². The highest BCUT2D eigenvalue weighted by molar-refractivity contribution is 5.95. The highest BCUT2D eigenvalue weighted by Gasteiger charge is 2.09. The fourth-order valence-electron chi connectivity index (χ4n) is 1.60. The summed E-state index contributed by atoms with van der Waals surface area (Å²) in [5.74, 6) is -0.276. The standard InChI is InChI=1S/C16H23FO2/c1-16(2,3)10-12-19-11-4-5-15(18)13-6-8-14(17)9-7-13/h6-9H,4-5,10-12H2,1-3H3. The highest BCUT2D eigenvalue weighted by Crippen LogP contribution is 2.18. The quantitative estimate of drug-likeness (QED) is 0.545. The summed E-state index contributed by atoms with van der Waals surface area (Å²) in [6.07, 6.45) is 2.17. The fourth-order valence-corrected chi connectivity index (χ4v) is 1.60. The lowest BCUT2D eigenvalue weighted by molar-refractivity contribution is 0.0895. The molecule has 0 N–H and O–H groups in total. The van der Waals surface area contributed by atoms with Gasteiger partial charge in [0, 0.05) is 25.2 Å². The summed E-state index contributed by atoms with van der Waals surface area (Å²) >= 11 is 0. The van der Waals surface area contributed by atoms with Gasteiger partial charge in [-0.15, -0.1) is 0 Å². The van der Waals surface area contributed by atoms with E-state index in [1.54, 1.807) is 0 Å². The number of carbonyl (C=O) groups is 1. The zero-order valence-corrected chi connectivity index (χ0v) is 12.0. The first-order valence-corrected chi connectivity index (χ1v) is 6.75. The van der Waals surface area contributed by atoms with Gasteiger partial charge in [0.2, 0.25) is 0 Å². The van der Waals surface area contributed by atoms with Crippen LogP contribution < -0.4 is 0 Å². The topological polar surface area (TPSA) is 26.3 Å². The van der Waals surface area contributed by atoms with E-state index in [4.69, 9.17) is 4.74 Å². The second-order valence-electron chi connectivity index (χ2n) is 5.96. The predicted molar refractivity (Wildman–Crippen MR) is 74.9 cm³/mol. The van der Waals surface area contributed by atoms with Crippen LogP contribution in [0.3, 0.4) is 0 Å². The monoisotopic (exact) mass is 266 g/mol. The Hall–Kier alpha value is -1.22. The first-order valence-electron chi connectivity index (χ1n) is 6.75. The summed E-state index contributed by atoms with van der Waals surface area (Å²) in [7, 11) is 0. The van der Waals surface area contributed by atoms with Gasteiger partial charge in [-0.25, -0.2) is 4.39 Å². The molecule has 2 nitrogen and oxygen atoms in total. The third-order valence-corrected chi connectivity index (χ3v) is 2.86. The maximum Gasteiger partial charge on any atom is 0.162 e. The minimum absolute atomic E-state index is 0.0411. The number of Topliss-reactive ketones (excluding diaryl/α,β-unsaturated/α-hetero) is 1. The lowest BCUT2D eigenvalue weighted by Gasteiger charge is -2.17. The van der Waals surface area contributed by atoms with Gasteiger partial charge in [-0.1, -0.05) is 20.8 Å². The van der Waals surface area contributed by atoms with Crippen LogP contribution in [0.4, 0.5) is 4.39 Å². The van der Waals surface area contributed by atoms with Gasteiger partial charge in [0.25, 0.3) is 0 Å². The summed E-state index contributed by atoms with van der Waals surface area (Å²) in [4.78, 5) is 11.8. The third kappa shape index (κ3) is 7.06. The molecule has 0 aliphatic heterocycles. The van der Waals surface area contributed by atoms with Crippen LogP contribution >= 0.6 is 0 Å². The summed E-state index contributed by atoms with van der Waals surface area (Å²) in [5, 5.41) is 0. The number of halogens is 1. The number of benzene rings is 1. The molecular weight excluding hydrogens is 243 g/mol. The molecule has 3 heteroatoms. The molecule has 1 rings (SSSR count). The maximum absolute atomic E-state index is 12.7. The van der Waals surface area contributed by atoms with Gasteiger partial charge < -0.3 is 4.74 Å². The Morgan fingerprint density at radius 1 is 1.16 bits per heavy atom. The van der Waals surface area contributed by atoms with Crippen LogP contribution in [0, 0.1) is 11.2 Å². The first-order chi connectivity index (χ1) is 8.88. The van der Waals surface area contributed by atoms with Crippen molar-refractivity contribution in [3.05, 3.63) is 35.6 Å². The number of ketones is 1. The normalized spacial score (nSPS) is 11.6. The largest absolute Gasteiger partial charge is 0.381 e. The zero-order chi connectivity index (χ0) is 14.3. The van der Waals surface area contributed by atoms with Crippen LogP contribution in [0.15, 0.2) is 24.3 Å². The Labute approximate surface area is 115 Å². The van der Waals surface area contributed by atoms with Crippen molar-refractivity contribution in [2.75, 3.05) is 13.2 Å². The average Bonchev–Trinajstić information content (AvgIpc) is 2.33. The van der Waals surface area contributed by atoms with Gasteiger partial charge >= 0.3 is 0 Å². The van der Waals surface area contributed by atoms with Gasteiger partial charge in [-0.05, 0) is 42.5 Å². The van der Waals surface area contributed by atoms with Crippen LogP contribution in [0.25, 0.3) is 0 Å². The van der Waals surface area contributed by atoms with Gasteiger partial charge in [-0.3, -0.25) is 4.79 Å². The van der Waals surface area contributed by atoms with E-state index in [1.807, 2.05) is 0 Å². The van der Waals surface area contributed by atoms with Crippen molar-refractivity contribution in [1.82, 2.24) is 0 Å². The number of hydrogen-bond donors (Lipinski definition) is 0. The number of rotatable bonds is 7. The van der Waals surface area contributed by atoms with E-state index in [1.165, 1.54) is 24.3 Å². The molecule has 0 aliphatic rings. The molecule has 1 aromatic rings. The summed E-state index contributed by atoms with van der Waals surface area (Å²) in [6, 6.07) is 5.68. The van der Waals surface area contributed by atoms with Crippen molar-refractivity contribution >= 4 is 5.78 Å². The van der Waals surface area contributed by atoms with Crippen molar-refractivity contribution < 1.29 is 13.9 Å². The third-order valence-electron chi connectivity index (χ3n) is 2.86. The van der Waals surface area contributed by atoms with E-state index in [-0.39, 0.29) is 17.0 Å². The number of hydrogen-bond acceptors (Lipinski definition) is 2. The van der Waals surface area contributed by atoms with Crippen LogP contribution in [-0.2, 0) is 4.74 Å². The SMILES string of the molecule is CC(C)(C)CCOCCCC(=O)c1ccc(F)cc1. The molecule has 0 bridgehead atoms. The average molecular weight is 266 g/mol. The Morgan fingerprint density at radius 3 is 2.37 bits per heavy atom. The van der Waals surface area contributed by atoms with Crippen molar-refractivity contribution in [2.24, 2.45) is 5.41 Å². The lowest BCUT2D eigenvalue weighted by atomic mass is 9.93. The molecule has 0 amide bonds. The molecule has 0 heterocycles. The molecule has 0 radical (unpaired) electrons. The summed E-state index contributed by atoms with van der Waals surface area (Å²) in [6.45, 7) is 7.86. The van der Waals surface area contributed by atoms with Crippen LogP contribution in [0.2, 0.25) is 0 Å². The van der Waals surface area contributed by atoms with E-state index in [2.05, 4.69) is 20.8 Å². The maximum atomic E-state index is 12.7. The molecule has 0 atom stereocenters. The Bertz CT molecular complexity index is 390. The van der Waals surface area contributed by atoms with E-state index in [9.17, 15) is 9.18 Å². The molecular formula is C16H23FO2. The molecule has 0 spiro atoms. The molecule has 0 aromatic heterocycles. The van der Waals surface area contributed by atoms with Crippen molar-refractivity contribution in [1.29, 1.82) is 0 Å². The molecule has 0 unspecified atom stereocenters. The number of carbonyl (C=O) groups excluding carboxylic acids is 1. The van der Waals surface area contributed by atoms with Crippen molar-refractivity contribution in [3.8, 4) is 0 Å².